The van der Waals surface area contributed by atoms with Crippen molar-refractivity contribution >= 4 is 16.0 Å². The average Bonchev–Trinajstić information content (AvgIpc) is 3.42. The van der Waals surface area contributed by atoms with Gasteiger partial charge in [0.2, 0.25) is 16.0 Å². The van der Waals surface area contributed by atoms with E-state index in [1.807, 2.05) is 0 Å². The lowest BCUT2D eigenvalue weighted by Gasteiger charge is -2.39. The van der Waals surface area contributed by atoms with Gasteiger partial charge in [-0.05, 0) is 31.7 Å². The minimum Gasteiger partial charge on any atom is -0.375 e. The molecule has 2 atom stereocenters. The molecule has 0 amide bonds. The highest BCUT2D eigenvalue weighted by Gasteiger charge is 2.46. The maximum absolute atomic E-state index is 12.7. The Labute approximate surface area is 136 Å². The zero-order chi connectivity index (χ0) is 15.9. The van der Waals surface area contributed by atoms with Crippen molar-refractivity contribution in [1.29, 1.82) is 0 Å². The number of hydrogen-bond donors (Lipinski definition) is 0. The number of nitrogens with zero attached hydrogens (tertiary/aromatic N) is 4. The predicted molar refractivity (Wildman–Crippen MR) is 85.7 cm³/mol. The SMILES string of the molecule is O=S(=O)(C1CC1)N1CCO[C@H]2CCN(c3ncccn3)CC[C@@H]21. The van der Waals surface area contributed by atoms with Crippen LogP contribution in [0.25, 0.3) is 0 Å². The van der Waals surface area contributed by atoms with Gasteiger partial charge < -0.3 is 9.64 Å². The van der Waals surface area contributed by atoms with Crippen molar-refractivity contribution in [3.8, 4) is 0 Å². The number of fused-ring (bicyclic) bond motifs is 1. The molecule has 3 fully saturated rings. The van der Waals surface area contributed by atoms with Gasteiger partial charge in [0.15, 0.2) is 0 Å². The Morgan fingerprint density at radius 3 is 2.52 bits per heavy atom. The molecule has 4 rings (SSSR count). The first-order valence-electron chi connectivity index (χ1n) is 8.30. The van der Waals surface area contributed by atoms with Gasteiger partial charge >= 0.3 is 0 Å². The molecule has 2 saturated heterocycles. The fourth-order valence-corrected chi connectivity index (χ4v) is 5.64. The number of sulfonamides is 1. The predicted octanol–water partition coefficient (Wildman–Crippen LogP) is 0.638. The van der Waals surface area contributed by atoms with E-state index < -0.39 is 10.0 Å². The minimum absolute atomic E-state index is 0.0222. The first-order valence-corrected chi connectivity index (χ1v) is 9.81. The number of ether oxygens (including phenoxy) is 1. The molecule has 8 heteroatoms. The molecule has 126 valence electrons. The summed E-state index contributed by atoms with van der Waals surface area (Å²) in [6.45, 7) is 2.53. The summed E-state index contributed by atoms with van der Waals surface area (Å²) < 4.78 is 33.0. The first-order chi connectivity index (χ1) is 11.2. The van der Waals surface area contributed by atoms with Crippen LogP contribution in [0.2, 0.25) is 0 Å². The van der Waals surface area contributed by atoms with Crippen LogP contribution in [0.1, 0.15) is 25.7 Å². The minimum atomic E-state index is -3.15. The Morgan fingerprint density at radius 1 is 1.04 bits per heavy atom. The van der Waals surface area contributed by atoms with E-state index in [0.717, 1.165) is 38.8 Å². The van der Waals surface area contributed by atoms with Gasteiger partial charge in [0.25, 0.3) is 0 Å². The maximum atomic E-state index is 12.7. The zero-order valence-corrected chi connectivity index (χ0v) is 13.9. The van der Waals surface area contributed by atoms with Gasteiger partial charge in [-0.2, -0.15) is 4.31 Å². The highest BCUT2D eigenvalue weighted by Crippen LogP contribution is 2.35. The van der Waals surface area contributed by atoms with Gasteiger partial charge in [-0.3, -0.25) is 0 Å². The number of hydrogen-bond acceptors (Lipinski definition) is 6. The number of rotatable bonds is 3. The molecule has 2 aliphatic heterocycles. The second-order valence-corrected chi connectivity index (χ2v) is 8.61. The Bertz CT molecular complexity index is 650. The van der Waals surface area contributed by atoms with Crippen LogP contribution >= 0.6 is 0 Å². The van der Waals surface area contributed by atoms with E-state index in [1.165, 1.54) is 0 Å². The molecule has 3 heterocycles. The molecule has 7 nitrogen and oxygen atoms in total. The van der Waals surface area contributed by atoms with E-state index >= 15 is 0 Å². The monoisotopic (exact) mass is 338 g/mol. The topological polar surface area (TPSA) is 75.6 Å². The van der Waals surface area contributed by atoms with Gasteiger partial charge in [0.1, 0.15) is 0 Å². The maximum Gasteiger partial charge on any atom is 0.225 e. The molecular weight excluding hydrogens is 316 g/mol. The Morgan fingerprint density at radius 2 is 1.78 bits per heavy atom. The van der Waals surface area contributed by atoms with E-state index in [0.29, 0.717) is 19.1 Å². The third kappa shape index (κ3) is 2.95. The normalized spacial score (nSPS) is 29.8. The molecule has 0 unspecified atom stereocenters. The molecule has 1 aromatic heterocycles. The lowest BCUT2D eigenvalue weighted by atomic mass is 10.0. The van der Waals surface area contributed by atoms with Crippen molar-refractivity contribution < 1.29 is 13.2 Å². The molecule has 3 aliphatic rings. The standard InChI is InChI=1S/C15H22N4O3S/c20-23(21,12-2-3-12)19-10-11-22-14-5-9-18(8-4-13(14)19)15-16-6-1-7-17-15/h1,6-7,12-14H,2-5,8-11H2/t13-,14-/m0/s1. The van der Waals surface area contributed by atoms with Crippen molar-refractivity contribution in [2.45, 2.75) is 43.1 Å². The quantitative estimate of drug-likeness (QED) is 0.805. The smallest absolute Gasteiger partial charge is 0.225 e. The second-order valence-electron chi connectivity index (χ2n) is 6.44. The van der Waals surface area contributed by atoms with Crippen molar-refractivity contribution in [2.75, 3.05) is 31.1 Å². The largest absolute Gasteiger partial charge is 0.375 e. The van der Waals surface area contributed by atoms with Crippen LogP contribution in [0.15, 0.2) is 18.5 Å². The molecule has 0 N–H and O–H groups in total. The summed E-state index contributed by atoms with van der Waals surface area (Å²) in [6.07, 6.45) is 6.63. The van der Waals surface area contributed by atoms with E-state index in [9.17, 15) is 8.42 Å². The molecule has 0 radical (unpaired) electrons. The number of morpholine rings is 1. The van der Waals surface area contributed by atoms with Crippen LogP contribution < -0.4 is 4.90 Å². The summed E-state index contributed by atoms with van der Waals surface area (Å²) >= 11 is 0. The van der Waals surface area contributed by atoms with E-state index in [4.69, 9.17) is 4.74 Å². The average molecular weight is 338 g/mol. The van der Waals surface area contributed by atoms with E-state index in [-0.39, 0.29) is 17.4 Å². The summed E-state index contributed by atoms with van der Waals surface area (Å²) in [5, 5.41) is -0.155. The molecular formula is C15H22N4O3S. The van der Waals surface area contributed by atoms with Crippen molar-refractivity contribution in [1.82, 2.24) is 14.3 Å². The van der Waals surface area contributed by atoms with Gasteiger partial charge in [0.05, 0.1) is 24.0 Å². The molecule has 1 aliphatic carbocycles. The van der Waals surface area contributed by atoms with Gasteiger partial charge in [0, 0.05) is 32.0 Å². The Hall–Kier alpha value is -1.25. The lowest BCUT2D eigenvalue weighted by Crippen LogP contribution is -2.54. The molecule has 1 aromatic rings. The van der Waals surface area contributed by atoms with Crippen molar-refractivity contribution in [2.24, 2.45) is 0 Å². The lowest BCUT2D eigenvalue weighted by molar-refractivity contribution is -0.0406. The highest BCUT2D eigenvalue weighted by atomic mass is 32.2. The summed E-state index contributed by atoms with van der Waals surface area (Å²) in [5.41, 5.74) is 0. The molecule has 0 bridgehead atoms. The van der Waals surface area contributed by atoms with Crippen LogP contribution in [0.5, 0.6) is 0 Å². The van der Waals surface area contributed by atoms with Crippen LogP contribution in [0.4, 0.5) is 5.95 Å². The fourth-order valence-electron chi connectivity index (χ4n) is 3.57. The van der Waals surface area contributed by atoms with Crippen LogP contribution in [0, 0.1) is 0 Å². The fraction of sp³-hybridized carbons (Fsp3) is 0.733. The van der Waals surface area contributed by atoms with Gasteiger partial charge in [-0.25, -0.2) is 18.4 Å². The van der Waals surface area contributed by atoms with E-state index in [2.05, 4.69) is 14.9 Å². The van der Waals surface area contributed by atoms with Crippen molar-refractivity contribution in [3.05, 3.63) is 18.5 Å². The van der Waals surface area contributed by atoms with Crippen LogP contribution in [-0.2, 0) is 14.8 Å². The summed E-state index contributed by atoms with van der Waals surface area (Å²) in [5.74, 6) is 0.711. The third-order valence-corrected chi connectivity index (χ3v) is 7.35. The Balaban J connectivity index is 1.53. The zero-order valence-electron chi connectivity index (χ0n) is 13.0. The molecule has 0 aromatic carbocycles. The molecule has 0 spiro atoms. The highest BCUT2D eigenvalue weighted by molar-refractivity contribution is 7.90. The first kappa shape index (κ1) is 15.3. The molecule has 1 saturated carbocycles. The summed E-state index contributed by atoms with van der Waals surface area (Å²) in [7, 11) is -3.15. The van der Waals surface area contributed by atoms with Crippen LogP contribution in [-0.4, -0.2) is 66.3 Å². The number of anilines is 1. The Kier molecular flexibility index (Phi) is 3.98. The van der Waals surface area contributed by atoms with Crippen LogP contribution in [0.3, 0.4) is 0 Å². The summed E-state index contributed by atoms with van der Waals surface area (Å²) in [6, 6.07) is 1.75. The van der Waals surface area contributed by atoms with Gasteiger partial charge in [-0.1, -0.05) is 0 Å². The summed E-state index contributed by atoms with van der Waals surface area (Å²) in [4.78, 5) is 10.7. The van der Waals surface area contributed by atoms with E-state index in [1.54, 1.807) is 22.8 Å². The number of aromatic nitrogens is 2. The molecule has 23 heavy (non-hydrogen) atoms. The second kappa shape index (κ2) is 5.99. The van der Waals surface area contributed by atoms with Crippen molar-refractivity contribution in [3.63, 3.8) is 0 Å². The third-order valence-electron chi connectivity index (χ3n) is 4.93. The van der Waals surface area contributed by atoms with Gasteiger partial charge in [-0.15, -0.1) is 0 Å².